The number of nitro groups is 1. The lowest BCUT2D eigenvalue weighted by Gasteiger charge is -2.20. The van der Waals surface area contributed by atoms with E-state index in [1.54, 1.807) is 11.6 Å². The number of aromatic nitrogens is 2. The van der Waals surface area contributed by atoms with Crippen molar-refractivity contribution in [2.45, 2.75) is 45.7 Å². The Morgan fingerprint density at radius 2 is 2.25 bits per heavy atom. The zero-order valence-electron chi connectivity index (χ0n) is 12.6. The first-order valence-electron chi connectivity index (χ1n) is 7.09. The van der Waals surface area contributed by atoms with Crippen molar-refractivity contribution in [2.75, 3.05) is 25.5 Å². The summed E-state index contributed by atoms with van der Waals surface area (Å²) in [7, 11) is 2.10. The first-order valence-corrected chi connectivity index (χ1v) is 7.09. The van der Waals surface area contributed by atoms with E-state index in [9.17, 15) is 10.1 Å². The molecule has 0 radical (unpaired) electrons. The van der Waals surface area contributed by atoms with E-state index in [-0.39, 0.29) is 16.7 Å². The number of likely N-dealkylation sites (N-methyl/N-ethyl adjacent to an activating group) is 1. The van der Waals surface area contributed by atoms with Crippen LogP contribution in [0, 0.1) is 17.0 Å². The molecule has 1 atom stereocenters. The van der Waals surface area contributed by atoms with Crippen LogP contribution in [0.15, 0.2) is 0 Å². The van der Waals surface area contributed by atoms with Crippen molar-refractivity contribution < 1.29 is 4.92 Å². The van der Waals surface area contributed by atoms with Crippen molar-refractivity contribution in [2.24, 2.45) is 0 Å². The summed E-state index contributed by atoms with van der Waals surface area (Å²) in [6.45, 7) is 7.45. The molecule has 1 aliphatic rings. The van der Waals surface area contributed by atoms with Crippen LogP contribution in [-0.4, -0.2) is 45.8 Å². The van der Waals surface area contributed by atoms with Gasteiger partial charge in [-0.1, -0.05) is 0 Å². The summed E-state index contributed by atoms with van der Waals surface area (Å²) < 4.78 is 1.71. The standard InChI is InChI=1S/C13H23N5O2/c1-9(2)17-13(12(18(19)20)10(3)15-17)14-8-11-6-5-7-16(11)4/h9,11,14H,5-8H2,1-4H3. The second-order valence-electron chi connectivity index (χ2n) is 5.74. The van der Waals surface area contributed by atoms with Crippen LogP contribution in [0.4, 0.5) is 11.5 Å². The van der Waals surface area contributed by atoms with Gasteiger partial charge in [0.05, 0.1) is 4.92 Å². The third-order valence-corrected chi connectivity index (χ3v) is 3.90. The maximum Gasteiger partial charge on any atom is 0.333 e. The van der Waals surface area contributed by atoms with E-state index < -0.39 is 0 Å². The average Bonchev–Trinajstić information content (AvgIpc) is 2.90. The van der Waals surface area contributed by atoms with E-state index in [0.717, 1.165) is 19.5 Å². The minimum atomic E-state index is -0.345. The summed E-state index contributed by atoms with van der Waals surface area (Å²) in [6, 6.07) is 0.525. The van der Waals surface area contributed by atoms with Gasteiger partial charge in [-0.05, 0) is 47.2 Å². The fourth-order valence-corrected chi connectivity index (χ4v) is 2.75. The predicted molar refractivity (Wildman–Crippen MR) is 78.1 cm³/mol. The van der Waals surface area contributed by atoms with Gasteiger partial charge in [0.1, 0.15) is 5.69 Å². The van der Waals surface area contributed by atoms with Gasteiger partial charge in [-0.2, -0.15) is 5.10 Å². The highest BCUT2D eigenvalue weighted by molar-refractivity contribution is 5.59. The highest BCUT2D eigenvalue weighted by Gasteiger charge is 2.28. The van der Waals surface area contributed by atoms with E-state index in [1.807, 2.05) is 13.8 Å². The molecule has 112 valence electrons. The lowest BCUT2D eigenvalue weighted by Crippen LogP contribution is -2.32. The van der Waals surface area contributed by atoms with Crippen molar-refractivity contribution in [3.8, 4) is 0 Å². The molecule has 1 fully saturated rings. The zero-order valence-corrected chi connectivity index (χ0v) is 12.6. The van der Waals surface area contributed by atoms with E-state index in [1.165, 1.54) is 6.42 Å². The molecule has 1 saturated heterocycles. The van der Waals surface area contributed by atoms with Gasteiger partial charge in [0.25, 0.3) is 0 Å². The van der Waals surface area contributed by atoms with Crippen LogP contribution >= 0.6 is 0 Å². The molecule has 0 bridgehead atoms. The molecule has 7 heteroatoms. The Hall–Kier alpha value is -1.63. The molecular formula is C13H23N5O2. The molecule has 20 heavy (non-hydrogen) atoms. The number of hydrogen-bond donors (Lipinski definition) is 1. The quantitative estimate of drug-likeness (QED) is 0.661. The van der Waals surface area contributed by atoms with Gasteiger partial charge in [-0.3, -0.25) is 10.1 Å². The second-order valence-corrected chi connectivity index (χ2v) is 5.74. The fraction of sp³-hybridized carbons (Fsp3) is 0.769. The predicted octanol–water partition coefficient (Wildman–Crippen LogP) is 2.19. The summed E-state index contributed by atoms with van der Waals surface area (Å²) in [5.74, 6) is 0.530. The van der Waals surface area contributed by atoms with Gasteiger partial charge in [0, 0.05) is 18.6 Å². The Labute approximate surface area is 119 Å². The molecule has 0 aliphatic carbocycles. The molecule has 1 unspecified atom stereocenters. The zero-order chi connectivity index (χ0) is 14.9. The molecule has 2 heterocycles. The molecule has 0 saturated carbocycles. The van der Waals surface area contributed by atoms with Gasteiger partial charge in [0.2, 0.25) is 5.82 Å². The van der Waals surface area contributed by atoms with Crippen molar-refractivity contribution in [1.29, 1.82) is 0 Å². The molecule has 2 rings (SSSR count). The van der Waals surface area contributed by atoms with Gasteiger partial charge in [-0.25, -0.2) is 4.68 Å². The normalized spacial score (nSPS) is 19.8. The van der Waals surface area contributed by atoms with Crippen LogP contribution in [0.5, 0.6) is 0 Å². The van der Waals surface area contributed by atoms with Gasteiger partial charge in [0.15, 0.2) is 0 Å². The fourth-order valence-electron chi connectivity index (χ4n) is 2.75. The number of nitrogens with zero attached hydrogens (tertiary/aromatic N) is 4. The molecule has 0 aromatic carbocycles. The number of anilines is 1. The van der Waals surface area contributed by atoms with Crippen LogP contribution in [0.3, 0.4) is 0 Å². The Bertz CT molecular complexity index is 497. The molecule has 1 N–H and O–H groups in total. The van der Waals surface area contributed by atoms with Gasteiger partial charge >= 0.3 is 5.69 Å². The lowest BCUT2D eigenvalue weighted by molar-refractivity contribution is -0.384. The first-order chi connectivity index (χ1) is 9.41. The minimum absolute atomic E-state index is 0.0891. The van der Waals surface area contributed by atoms with Crippen molar-refractivity contribution in [3.63, 3.8) is 0 Å². The molecule has 1 aromatic heterocycles. The largest absolute Gasteiger partial charge is 0.363 e. The second kappa shape index (κ2) is 5.78. The Morgan fingerprint density at radius 3 is 2.75 bits per heavy atom. The summed E-state index contributed by atoms with van der Waals surface area (Å²) in [5, 5.41) is 18.8. The van der Waals surface area contributed by atoms with E-state index in [4.69, 9.17) is 0 Å². The monoisotopic (exact) mass is 281 g/mol. The molecule has 7 nitrogen and oxygen atoms in total. The topological polar surface area (TPSA) is 76.2 Å². The van der Waals surface area contributed by atoms with Crippen LogP contribution in [-0.2, 0) is 0 Å². The highest BCUT2D eigenvalue weighted by atomic mass is 16.6. The van der Waals surface area contributed by atoms with Crippen LogP contribution in [0.2, 0.25) is 0 Å². The summed E-state index contributed by atoms with van der Waals surface area (Å²) in [4.78, 5) is 13.2. The maximum absolute atomic E-state index is 11.2. The van der Waals surface area contributed by atoms with Crippen molar-refractivity contribution in [1.82, 2.24) is 14.7 Å². The molecule has 1 aromatic rings. The number of rotatable bonds is 5. The lowest BCUT2D eigenvalue weighted by atomic mass is 10.2. The Balaban J connectivity index is 2.22. The molecule has 0 amide bonds. The summed E-state index contributed by atoms with van der Waals surface area (Å²) in [6.07, 6.45) is 2.32. The molecule has 0 spiro atoms. The number of aryl methyl sites for hydroxylation is 1. The SMILES string of the molecule is Cc1nn(C(C)C)c(NCC2CCCN2C)c1[N+](=O)[O-]. The Morgan fingerprint density at radius 1 is 1.55 bits per heavy atom. The van der Waals surface area contributed by atoms with Crippen LogP contribution in [0.1, 0.15) is 38.4 Å². The highest BCUT2D eigenvalue weighted by Crippen LogP contribution is 2.31. The van der Waals surface area contributed by atoms with Crippen LogP contribution in [0.25, 0.3) is 0 Å². The van der Waals surface area contributed by atoms with Gasteiger partial charge < -0.3 is 10.2 Å². The van der Waals surface area contributed by atoms with Crippen LogP contribution < -0.4 is 5.32 Å². The number of nitrogens with one attached hydrogen (secondary N) is 1. The maximum atomic E-state index is 11.2. The van der Waals surface area contributed by atoms with E-state index in [0.29, 0.717) is 17.6 Å². The van der Waals surface area contributed by atoms with Gasteiger partial charge in [-0.15, -0.1) is 0 Å². The third-order valence-electron chi connectivity index (χ3n) is 3.90. The molecular weight excluding hydrogens is 258 g/mol. The number of hydrogen-bond acceptors (Lipinski definition) is 5. The first kappa shape index (κ1) is 14.8. The van der Waals surface area contributed by atoms with Crippen molar-refractivity contribution in [3.05, 3.63) is 15.8 Å². The minimum Gasteiger partial charge on any atom is -0.363 e. The third kappa shape index (κ3) is 2.77. The van der Waals surface area contributed by atoms with E-state index in [2.05, 4.69) is 22.4 Å². The van der Waals surface area contributed by atoms with Crippen molar-refractivity contribution >= 4 is 11.5 Å². The smallest absolute Gasteiger partial charge is 0.333 e. The Kier molecular flexibility index (Phi) is 4.27. The number of likely N-dealkylation sites (tertiary alicyclic amines) is 1. The summed E-state index contributed by atoms with van der Waals surface area (Å²) in [5.41, 5.74) is 0.560. The average molecular weight is 281 g/mol. The summed E-state index contributed by atoms with van der Waals surface area (Å²) >= 11 is 0. The van der Waals surface area contributed by atoms with E-state index >= 15 is 0 Å². The molecule has 1 aliphatic heterocycles.